The number of nitrogens with one attached hydrogen (secondary N) is 2. The Labute approximate surface area is 117 Å². The van der Waals surface area contributed by atoms with E-state index in [0.29, 0.717) is 12.3 Å². The van der Waals surface area contributed by atoms with Gasteiger partial charge in [0, 0.05) is 5.69 Å². The molecule has 1 saturated heterocycles. The number of alkyl carbamates (subject to hydrolysis) is 1. The summed E-state index contributed by atoms with van der Waals surface area (Å²) in [5.41, 5.74) is 1.02. The SMILES string of the molecule is CC(C)(C)OC(=O)Nc1ccc(C2COC(=O)N2)cc1. The molecule has 1 fully saturated rings. The van der Waals surface area contributed by atoms with E-state index in [-0.39, 0.29) is 6.04 Å². The molecular formula is C14H18N2O4. The third-order valence-corrected chi connectivity index (χ3v) is 2.63. The molecule has 1 atom stereocenters. The fourth-order valence-electron chi connectivity index (χ4n) is 1.78. The lowest BCUT2D eigenvalue weighted by atomic mass is 10.1. The maximum absolute atomic E-state index is 11.6. The average Bonchev–Trinajstić information content (AvgIpc) is 2.74. The van der Waals surface area contributed by atoms with Crippen LogP contribution in [0.15, 0.2) is 24.3 Å². The topological polar surface area (TPSA) is 76.7 Å². The zero-order valence-corrected chi connectivity index (χ0v) is 11.7. The van der Waals surface area contributed by atoms with Gasteiger partial charge in [0.2, 0.25) is 0 Å². The van der Waals surface area contributed by atoms with E-state index in [2.05, 4.69) is 10.6 Å². The summed E-state index contributed by atoms with van der Waals surface area (Å²) in [6, 6.07) is 7.02. The molecule has 6 nitrogen and oxygen atoms in total. The fraction of sp³-hybridized carbons (Fsp3) is 0.429. The third-order valence-electron chi connectivity index (χ3n) is 2.63. The van der Waals surface area contributed by atoms with Gasteiger partial charge in [-0.25, -0.2) is 9.59 Å². The second-order valence-electron chi connectivity index (χ2n) is 5.54. The molecule has 2 amide bonds. The van der Waals surface area contributed by atoms with Gasteiger partial charge in [-0.15, -0.1) is 0 Å². The number of anilines is 1. The molecule has 1 unspecified atom stereocenters. The summed E-state index contributed by atoms with van der Waals surface area (Å²) >= 11 is 0. The van der Waals surface area contributed by atoms with Crippen LogP contribution < -0.4 is 10.6 Å². The fourth-order valence-corrected chi connectivity index (χ4v) is 1.78. The van der Waals surface area contributed by atoms with Crippen LogP contribution >= 0.6 is 0 Å². The summed E-state index contributed by atoms with van der Waals surface area (Å²) in [4.78, 5) is 22.6. The van der Waals surface area contributed by atoms with E-state index >= 15 is 0 Å². The van der Waals surface area contributed by atoms with Gasteiger partial charge in [0.05, 0.1) is 6.04 Å². The number of rotatable bonds is 2. The van der Waals surface area contributed by atoms with Crippen molar-refractivity contribution in [3.8, 4) is 0 Å². The minimum absolute atomic E-state index is 0.141. The van der Waals surface area contributed by atoms with Gasteiger partial charge in [-0.2, -0.15) is 0 Å². The Bertz CT molecular complexity index is 505. The van der Waals surface area contributed by atoms with Crippen LogP contribution in [0.2, 0.25) is 0 Å². The molecule has 108 valence electrons. The van der Waals surface area contributed by atoms with Crippen LogP contribution in [-0.4, -0.2) is 24.4 Å². The van der Waals surface area contributed by atoms with E-state index in [1.165, 1.54) is 0 Å². The summed E-state index contributed by atoms with van der Waals surface area (Å²) in [6.45, 7) is 5.73. The molecule has 2 N–H and O–H groups in total. The lowest BCUT2D eigenvalue weighted by Crippen LogP contribution is -2.27. The minimum Gasteiger partial charge on any atom is -0.447 e. The quantitative estimate of drug-likeness (QED) is 0.872. The molecule has 1 heterocycles. The average molecular weight is 278 g/mol. The van der Waals surface area contributed by atoms with Crippen LogP contribution in [0.3, 0.4) is 0 Å². The Balaban J connectivity index is 1.95. The van der Waals surface area contributed by atoms with Gasteiger partial charge in [0.15, 0.2) is 0 Å². The highest BCUT2D eigenvalue weighted by Crippen LogP contribution is 2.20. The second kappa shape index (κ2) is 5.40. The van der Waals surface area contributed by atoms with Gasteiger partial charge in [-0.05, 0) is 38.5 Å². The van der Waals surface area contributed by atoms with Crippen molar-refractivity contribution < 1.29 is 19.1 Å². The molecule has 0 radical (unpaired) electrons. The number of hydrogen-bond acceptors (Lipinski definition) is 4. The number of carbonyl (C=O) groups excluding carboxylic acids is 2. The summed E-state index contributed by atoms with van der Waals surface area (Å²) in [7, 11) is 0. The molecule has 6 heteroatoms. The van der Waals surface area contributed by atoms with Crippen molar-refractivity contribution in [1.82, 2.24) is 5.32 Å². The Morgan fingerprint density at radius 3 is 2.50 bits per heavy atom. The molecule has 20 heavy (non-hydrogen) atoms. The van der Waals surface area contributed by atoms with Crippen molar-refractivity contribution >= 4 is 17.9 Å². The molecule has 2 rings (SSSR count). The van der Waals surface area contributed by atoms with Crippen LogP contribution in [0.4, 0.5) is 15.3 Å². The smallest absolute Gasteiger partial charge is 0.412 e. The van der Waals surface area contributed by atoms with E-state index in [4.69, 9.17) is 9.47 Å². The van der Waals surface area contributed by atoms with E-state index < -0.39 is 17.8 Å². The first-order valence-corrected chi connectivity index (χ1v) is 6.37. The molecule has 0 aromatic heterocycles. The van der Waals surface area contributed by atoms with Gasteiger partial charge in [0.25, 0.3) is 0 Å². The molecule has 1 aromatic carbocycles. The van der Waals surface area contributed by atoms with Crippen LogP contribution in [0, 0.1) is 0 Å². The van der Waals surface area contributed by atoms with E-state index in [1.807, 2.05) is 12.1 Å². The number of cyclic esters (lactones) is 1. The second-order valence-corrected chi connectivity index (χ2v) is 5.54. The largest absolute Gasteiger partial charge is 0.447 e. The summed E-state index contributed by atoms with van der Waals surface area (Å²) in [6.07, 6.45) is -0.909. The number of hydrogen-bond donors (Lipinski definition) is 2. The van der Waals surface area contributed by atoms with Crippen molar-refractivity contribution in [1.29, 1.82) is 0 Å². The van der Waals surface area contributed by atoms with E-state index in [9.17, 15) is 9.59 Å². The van der Waals surface area contributed by atoms with Crippen molar-refractivity contribution in [3.05, 3.63) is 29.8 Å². The van der Waals surface area contributed by atoms with Crippen LogP contribution in [0.5, 0.6) is 0 Å². The highest BCUT2D eigenvalue weighted by atomic mass is 16.6. The van der Waals surface area contributed by atoms with E-state index in [0.717, 1.165) is 5.56 Å². The number of benzene rings is 1. The first kappa shape index (κ1) is 14.2. The van der Waals surface area contributed by atoms with Gasteiger partial charge in [0.1, 0.15) is 12.2 Å². The predicted molar refractivity (Wildman–Crippen MR) is 73.5 cm³/mol. The highest BCUT2D eigenvalue weighted by molar-refractivity contribution is 5.84. The molecule has 0 spiro atoms. The molecule has 1 aliphatic heterocycles. The van der Waals surface area contributed by atoms with Crippen molar-refractivity contribution in [2.45, 2.75) is 32.4 Å². The zero-order valence-electron chi connectivity index (χ0n) is 11.7. The first-order chi connectivity index (χ1) is 9.33. The Hall–Kier alpha value is -2.24. The minimum atomic E-state index is -0.532. The number of carbonyl (C=O) groups is 2. The summed E-state index contributed by atoms with van der Waals surface area (Å²) < 4.78 is 9.99. The van der Waals surface area contributed by atoms with Crippen LogP contribution in [0.1, 0.15) is 32.4 Å². The maximum Gasteiger partial charge on any atom is 0.412 e. The highest BCUT2D eigenvalue weighted by Gasteiger charge is 2.23. The summed E-state index contributed by atoms with van der Waals surface area (Å²) in [5, 5.41) is 5.33. The molecule has 0 bridgehead atoms. The maximum atomic E-state index is 11.6. The molecular weight excluding hydrogens is 260 g/mol. The van der Waals surface area contributed by atoms with Gasteiger partial charge < -0.3 is 14.8 Å². The molecule has 1 aliphatic rings. The predicted octanol–water partition coefficient (Wildman–Crippen LogP) is 2.81. The standard InChI is InChI=1S/C14H18N2O4/c1-14(2,3)20-13(18)15-10-6-4-9(5-7-10)11-8-19-12(17)16-11/h4-7,11H,8H2,1-3H3,(H,15,18)(H,16,17). The van der Waals surface area contributed by atoms with Crippen LogP contribution in [0.25, 0.3) is 0 Å². The third kappa shape index (κ3) is 3.88. The monoisotopic (exact) mass is 278 g/mol. The van der Waals surface area contributed by atoms with Crippen LogP contribution in [-0.2, 0) is 9.47 Å². The Morgan fingerprint density at radius 2 is 2.00 bits per heavy atom. The van der Waals surface area contributed by atoms with Gasteiger partial charge in [-0.1, -0.05) is 12.1 Å². The Morgan fingerprint density at radius 1 is 1.35 bits per heavy atom. The first-order valence-electron chi connectivity index (χ1n) is 6.37. The Kier molecular flexibility index (Phi) is 3.83. The van der Waals surface area contributed by atoms with Gasteiger partial charge >= 0.3 is 12.2 Å². The number of amides is 2. The van der Waals surface area contributed by atoms with Crippen molar-refractivity contribution in [2.24, 2.45) is 0 Å². The molecule has 0 aliphatic carbocycles. The molecule has 1 aromatic rings. The summed E-state index contributed by atoms with van der Waals surface area (Å²) in [5.74, 6) is 0. The van der Waals surface area contributed by atoms with Crippen molar-refractivity contribution in [3.63, 3.8) is 0 Å². The van der Waals surface area contributed by atoms with Crippen molar-refractivity contribution in [2.75, 3.05) is 11.9 Å². The number of ether oxygens (including phenoxy) is 2. The zero-order chi connectivity index (χ0) is 14.8. The lowest BCUT2D eigenvalue weighted by Gasteiger charge is -2.19. The molecule has 0 saturated carbocycles. The lowest BCUT2D eigenvalue weighted by molar-refractivity contribution is 0.0636. The normalized spacial score (nSPS) is 18.1. The van der Waals surface area contributed by atoms with E-state index in [1.54, 1.807) is 32.9 Å². The van der Waals surface area contributed by atoms with Gasteiger partial charge in [-0.3, -0.25) is 5.32 Å².